The molecular weight excluding hydrogens is 354 g/mol. The lowest BCUT2D eigenvalue weighted by atomic mass is 10.1. The average molecular weight is 375 g/mol. The predicted octanol–water partition coefficient (Wildman–Crippen LogP) is 4.28. The first-order valence-electron chi connectivity index (χ1n) is 8.92. The number of pyridine rings is 1. The molecule has 3 rings (SSSR count). The van der Waals surface area contributed by atoms with Crippen LogP contribution in [-0.2, 0) is 4.74 Å². The topological polar surface area (TPSA) is 71.5 Å². The van der Waals surface area contributed by atoms with E-state index in [1.54, 1.807) is 55.4 Å². The van der Waals surface area contributed by atoms with Crippen molar-refractivity contribution in [1.29, 1.82) is 0 Å². The van der Waals surface area contributed by atoms with E-state index < -0.39 is 5.97 Å². The molecule has 28 heavy (non-hydrogen) atoms. The minimum absolute atomic E-state index is 0.204. The SMILES string of the molecule is CCOC(=O)c1ccccc1Nc1ccc(C(=O)N(C)c2ccccc2)nc1. The number of aromatic nitrogens is 1. The van der Waals surface area contributed by atoms with E-state index in [1.165, 1.54) is 0 Å². The predicted molar refractivity (Wildman–Crippen MR) is 109 cm³/mol. The number of nitrogens with one attached hydrogen (secondary N) is 1. The van der Waals surface area contributed by atoms with E-state index in [0.29, 0.717) is 29.2 Å². The summed E-state index contributed by atoms with van der Waals surface area (Å²) in [4.78, 5) is 30.5. The van der Waals surface area contributed by atoms with Crippen molar-refractivity contribution >= 4 is 28.9 Å². The molecule has 0 atom stereocenters. The van der Waals surface area contributed by atoms with Crippen LogP contribution >= 0.6 is 0 Å². The molecule has 2 aromatic carbocycles. The summed E-state index contributed by atoms with van der Waals surface area (Å²) >= 11 is 0. The molecule has 1 heterocycles. The zero-order valence-electron chi connectivity index (χ0n) is 15.8. The number of carbonyl (C=O) groups excluding carboxylic acids is 2. The Morgan fingerprint density at radius 3 is 2.39 bits per heavy atom. The Bertz CT molecular complexity index is 956. The summed E-state index contributed by atoms with van der Waals surface area (Å²) in [5.41, 5.74) is 2.84. The molecule has 0 saturated carbocycles. The Morgan fingerprint density at radius 1 is 1.00 bits per heavy atom. The monoisotopic (exact) mass is 375 g/mol. The third-order valence-corrected chi connectivity index (χ3v) is 4.13. The molecule has 6 heteroatoms. The van der Waals surface area contributed by atoms with E-state index in [4.69, 9.17) is 4.74 Å². The number of hydrogen-bond donors (Lipinski definition) is 1. The molecule has 0 unspecified atom stereocenters. The standard InChI is InChI=1S/C22H21N3O3/c1-3-28-22(27)18-11-7-8-12-19(18)24-16-13-14-20(23-15-16)21(26)25(2)17-9-5-4-6-10-17/h4-15,24H,3H2,1-2H3. The molecule has 1 amide bonds. The summed E-state index contributed by atoms with van der Waals surface area (Å²) in [5, 5.41) is 3.15. The second kappa shape index (κ2) is 8.81. The minimum Gasteiger partial charge on any atom is -0.462 e. The van der Waals surface area contributed by atoms with Crippen LogP contribution in [0.25, 0.3) is 0 Å². The van der Waals surface area contributed by atoms with Crippen molar-refractivity contribution in [2.75, 3.05) is 23.9 Å². The van der Waals surface area contributed by atoms with Crippen molar-refractivity contribution in [1.82, 2.24) is 4.98 Å². The van der Waals surface area contributed by atoms with Gasteiger partial charge in [-0.15, -0.1) is 0 Å². The molecule has 0 aliphatic heterocycles. The zero-order chi connectivity index (χ0) is 19.9. The number of ether oxygens (including phenoxy) is 1. The smallest absolute Gasteiger partial charge is 0.340 e. The summed E-state index contributed by atoms with van der Waals surface area (Å²) < 4.78 is 5.08. The molecule has 0 spiro atoms. The lowest BCUT2D eigenvalue weighted by Gasteiger charge is -2.17. The minimum atomic E-state index is -0.394. The maximum absolute atomic E-state index is 12.6. The van der Waals surface area contributed by atoms with Gasteiger partial charge in [0.2, 0.25) is 0 Å². The highest BCUT2D eigenvalue weighted by Gasteiger charge is 2.15. The highest BCUT2D eigenvalue weighted by molar-refractivity contribution is 6.04. The van der Waals surface area contributed by atoms with Gasteiger partial charge < -0.3 is 15.0 Å². The van der Waals surface area contributed by atoms with Crippen molar-refractivity contribution in [2.24, 2.45) is 0 Å². The summed E-state index contributed by atoms with van der Waals surface area (Å²) in [6.07, 6.45) is 1.56. The molecule has 3 aromatic rings. The summed E-state index contributed by atoms with van der Waals surface area (Å²) in [5.74, 6) is -0.598. The second-order valence-corrected chi connectivity index (χ2v) is 6.02. The van der Waals surface area contributed by atoms with E-state index in [9.17, 15) is 9.59 Å². The number of hydrogen-bond acceptors (Lipinski definition) is 5. The molecule has 0 aliphatic rings. The van der Waals surface area contributed by atoms with Crippen LogP contribution in [0.4, 0.5) is 17.1 Å². The van der Waals surface area contributed by atoms with Crippen molar-refractivity contribution in [3.8, 4) is 0 Å². The summed E-state index contributed by atoms with van der Waals surface area (Å²) in [6.45, 7) is 2.07. The van der Waals surface area contributed by atoms with Crippen LogP contribution in [0.3, 0.4) is 0 Å². The Labute approximate surface area is 163 Å². The van der Waals surface area contributed by atoms with Crippen LogP contribution in [0.15, 0.2) is 72.9 Å². The Morgan fingerprint density at radius 2 is 1.71 bits per heavy atom. The number of nitrogens with zero attached hydrogens (tertiary/aromatic N) is 2. The molecule has 0 radical (unpaired) electrons. The lowest BCUT2D eigenvalue weighted by molar-refractivity contribution is 0.0527. The van der Waals surface area contributed by atoms with Gasteiger partial charge in [-0.1, -0.05) is 30.3 Å². The van der Waals surface area contributed by atoms with Gasteiger partial charge in [0, 0.05) is 12.7 Å². The van der Waals surface area contributed by atoms with Crippen molar-refractivity contribution in [3.05, 3.63) is 84.2 Å². The third kappa shape index (κ3) is 4.35. The maximum atomic E-state index is 12.6. The van der Waals surface area contributed by atoms with Gasteiger partial charge in [0.05, 0.1) is 29.7 Å². The van der Waals surface area contributed by atoms with E-state index in [0.717, 1.165) is 5.69 Å². The van der Waals surface area contributed by atoms with Crippen LogP contribution < -0.4 is 10.2 Å². The molecule has 0 saturated heterocycles. The first-order valence-corrected chi connectivity index (χ1v) is 8.92. The fourth-order valence-electron chi connectivity index (χ4n) is 2.67. The molecule has 142 valence electrons. The van der Waals surface area contributed by atoms with Crippen LogP contribution in [0.1, 0.15) is 27.8 Å². The molecular formula is C22H21N3O3. The highest BCUT2D eigenvalue weighted by atomic mass is 16.5. The van der Waals surface area contributed by atoms with E-state index >= 15 is 0 Å². The third-order valence-electron chi connectivity index (χ3n) is 4.13. The van der Waals surface area contributed by atoms with Crippen molar-refractivity contribution in [2.45, 2.75) is 6.92 Å². The number of esters is 1. The summed E-state index contributed by atoms with van der Waals surface area (Å²) in [7, 11) is 1.71. The Kier molecular flexibility index (Phi) is 6.01. The largest absolute Gasteiger partial charge is 0.462 e. The molecule has 6 nitrogen and oxygen atoms in total. The van der Waals surface area contributed by atoms with Gasteiger partial charge in [0.1, 0.15) is 5.69 Å². The first kappa shape index (κ1) is 19.1. The fourth-order valence-corrected chi connectivity index (χ4v) is 2.67. The Hall–Kier alpha value is -3.67. The maximum Gasteiger partial charge on any atom is 0.340 e. The second-order valence-electron chi connectivity index (χ2n) is 6.02. The van der Waals surface area contributed by atoms with Gasteiger partial charge in [0.15, 0.2) is 0 Å². The molecule has 1 N–H and O–H groups in total. The van der Waals surface area contributed by atoms with Crippen molar-refractivity contribution in [3.63, 3.8) is 0 Å². The van der Waals surface area contributed by atoms with Crippen LogP contribution in [0.2, 0.25) is 0 Å². The fraction of sp³-hybridized carbons (Fsp3) is 0.136. The molecule has 1 aromatic heterocycles. The van der Waals surface area contributed by atoms with Gasteiger partial charge >= 0.3 is 5.97 Å². The zero-order valence-corrected chi connectivity index (χ0v) is 15.8. The quantitative estimate of drug-likeness (QED) is 0.651. The van der Waals surface area contributed by atoms with E-state index in [1.807, 2.05) is 36.4 Å². The number of anilines is 3. The Balaban J connectivity index is 1.75. The van der Waals surface area contributed by atoms with Gasteiger partial charge in [0.25, 0.3) is 5.91 Å². The number of benzene rings is 2. The van der Waals surface area contributed by atoms with E-state index in [-0.39, 0.29) is 5.91 Å². The molecule has 0 aliphatic carbocycles. The summed E-state index contributed by atoms with van der Waals surface area (Å²) in [6, 6.07) is 19.9. The van der Waals surface area contributed by atoms with Gasteiger partial charge in [-0.2, -0.15) is 0 Å². The van der Waals surface area contributed by atoms with Crippen LogP contribution in [0.5, 0.6) is 0 Å². The number of carbonyl (C=O) groups is 2. The van der Waals surface area contributed by atoms with Gasteiger partial charge in [-0.25, -0.2) is 9.78 Å². The lowest BCUT2D eigenvalue weighted by Crippen LogP contribution is -2.26. The van der Waals surface area contributed by atoms with Crippen LogP contribution in [-0.4, -0.2) is 30.5 Å². The van der Waals surface area contributed by atoms with Gasteiger partial charge in [-0.05, 0) is 43.3 Å². The normalized spacial score (nSPS) is 10.2. The number of rotatable bonds is 6. The number of para-hydroxylation sites is 2. The highest BCUT2D eigenvalue weighted by Crippen LogP contribution is 2.22. The first-order chi connectivity index (χ1) is 13.6. The van der Waals surface area contributed by atoms with E-state index in [2.05, 4.69) is 10.3 Å². The van der Waals surface area contributed by atoms with Crippen LogP contribution in [0, 0.1) is 0 Å². The van der Waals surface area contributed by atoms with Gasteiger partial charge in [-0.3, -0.25) is 4.79 Å². The number of amides is 1. The molecule has 0 fully saturated rings. The average Bonchev–Trinajstić information content (AvgIpc) is 2.74. The van der Waals surface area contributed by atoms with Crippen molar-refractivity contribution < 1.29 is 14.3 Å². The molecule has 0 bridgehead atoms.